The van der Waals surface area contributed by atoms with Crippen LogP contribution in [0, 0.1) is 6.92 Å². The number of anilines is 3. The summed E-state index contributed by atoms with van der Waals surface area (Å²) in [5.41, 5.74) is 2.57. The molecular weight excluding hydrogens is 474 g/mol. The molecule has 0 saturated heterocycles. The monoisotopic (exact) mass is 491 g/mol. The van der Waals surface area contributed by atoms with Gasteiger partial charge in [0, 0.05) is 15.8 Å². The average Bonchev–Trinajstić information content (AvgIpc) is 3.15. The van der Waals surface area contributed by atoms with Crippen LogP contribution < -0.4 is 16.0 Å². The highest BCUT2D eigenvalue weighted by Crippen LogP contribution is 2.27. The number of benzene rings is 2. The molecule has 0 atom stereocenters. The number of carbonyl (C=O) groups excluding carboxylic acids is 2. The smallest absolute Gasteiger partial charge is 0.243 e. The molecule has 0 radical (unpaired) electrons. The van der Waals surface area contributed by atoms with E-state index >= 15 is 0 Å². The number of nitrogens with zero attached hydrogens (tertiary/aromatic N) is 2. The lowest BCUT2D eigenvalue weighted by Gasteiger charge is -2.09. The second-order valence-corrected chi connectivity index (χ2v) is 9.05. The first-order valence-corrected chi connectivity index (χ1v) is 11.2. The summed E-state index contributed by atoms with van der Waals surface area (Å²) < 4.78 is 1.62. The van der Waals surface area contributed by atoms with Crippen LogP contribution in [0.25, 0.3) is 0 Å². The molecule has 0 unspecified atom stereocenters. The summed E-state index contributed by atoms with van der Waals surface area (Å²) in [4.78, 5) is 24.0. The van der Waals surface area contributed by atoms with Crippen LogP contribution in [0.15, 0.2) is 57.3 Å². The van der Waals surface area contributed by atoms with Crippen LogP contribution in [0.5, 0.6) is 0 Å². The molecule has 2 aromatic carbocycles. The van der Waals surface area contributed by atoms with E-state index in [2.05, 4.69) is 42.1 Å². The second-order valence-electron chi connectivity index (χ2n) is 5.94. The second kappa shape index (κ2) is 10.4. The van der Waals surface area contributed by atoms with Gasteiger partial charge in [-0.1, -0.05) is 57.2 Å². The topological polar surface area (TPSA) is 96.0 Å². The summed E-state index contributed by atoms with van der Waals surface area (Å²) in [5, 5.41) is 17.3. The summed E-state index contributed by atoms with van der Waals surface area (Å²) in [7, 11) is 0. The predicted octanol–water partition coefficient (Wildman–Crippen LogP) is 4.20. The summed E-state index contributed by atoms with van der Waals surface area (Å²) in [5.74, 6) is -0.366. The molecule has 10 heteroatoms. The van der Waals surface area contributed by atoms with Crippen molar-refractivity contribution in [2.24, 2.45) is 0 Å². The number of carbonyl (C=O) groups is 2. The third-order valence-corrected chi connectivity index (χ3v) is 6.13. The van der Waals surface area contributed by atoms with E-state index in [9.17, 15) is 9.59 Å². The summed E-state index contributed by atoms with van der Waals surface area (Å²) in [6.07, 6.45) is 0. The van der Waals surface area contributed by atoms with E-state index in [4.69, 9.17) is 0 Å². The number of aryl methyl sites for hydroxylation is 1. The van der Waals surface area contributed by atoms with E-state index in [-0.39, 0.29) is 24.1 Å². The normalized spacial score (nSPS) is 10.4. The van der Waals surface area contributed by atoms with Gasteiger partial charge in [-0.15, -0.1) is 10.2 Å². The number of halogens is 1. The molecule has 1 heterocycles. The average molecular weight is 492 g/mol. The van der Waals surface area contributed by atoms with Crippen LogP contribution in [-0.2, 0) is 9.59 Å². The van der Waals surface area contributed by atoms with Crippen LogP contribution >= 0.6 is 39.0 Å². The minimum atomic E-state index is -0.279. The van der Waals surface area contributed by atoms with Gasteiger partial charge in [-0.3, -0.25) is 9.59 Å². The molecule has 0 aliphatic carbocycles. The number of rotatable bonds is 8. The number of hydrogen-bond acceptors (Lipinski definition) is 7. The van der Waals surface area contributed by atoms with Gasteiger partial charge >= 0.3 is 0 Å². The van der Waals surface area contributed by atoms with Gasteiger partial charge in [0.05, 0.1) is 12.3 Å². The maximum atomic E-state index is 12.0. The lowest BCUT2D eigenvalue weighted by molar-refractivity contribution is -0.122. The van der Waals surface area contributed by atoms with Crippen molar-refractivity contribution in [1.29, 1.82) is 0 Å². The summed E-state index contributed by atoms with van der Waals surface area (Å²) in [6, 6.07) is 15.2. The first kappa shape index (κ1) is 21.3. The molecule has 0 spiro atoms. The Labute approximate surface area is 184 Å². The Balaban J connectivity index is 1.40. The Kier molecular flexibility index (Phi) is 7.62. The van der Waals surface area contributed by atoms with Gasteiger partial charge in [0.25, 0.3) is 0 Å². The fourth-order valence-electron chi connectivity index (χ4n) is 2.28. The number of nitrogens with one attached hydrogen (secondary N) is 3. The molecule has 7 nitrogen and oxygen atoms in total. The first-order chi connectivity index (χ1) is 14.0. The van der Waals surface area contributed by atoms with Gasteiger partial charge in [0.2, 0.25) is 16.9 Å². The summed E-state index contributed by atoms with van der Waals surface area (Å²) >= 11 is 6.02. The molecule has 3 N–H and O–H groups in total. The van der Waals surface area contributed by atoms with Crippen LogP contribution in [0.3, 0.4) is 0 Å². The highest BCUT2D eigenvalue weighted by Gasteiger charge is 2.10. The minimum Gasteiger partial charge on any atom is -0.346 e. The van der Waals surface area contributed by atoms with Gasteiger partial charge in [-0.2, -0.15) is 0 Å². The Morgan fingerprint density at radius 1 is 1.10 bits per heavy atom. The van der Waals surface area contributed by atoms with Gasteiger partial charge in [0.15, 0.2) is 4.34 Å². The van der Waals surface area contributed by atoms with Crippen molar-refractivity contribution < 1.29 is 9.59 Å². The van der Waals surface area contributed by atoms with Crippen LogP contribution in [0.1, 0.15) is 5.56 Å². The van der Waals surface area contributed by atoms with E-state index in [1.54, 1.807) is 0 Å². The fraction of sp³-hybridized carbons (Fsp3) is 0.158. The van der Waals surface area contributed by atoms with Gasteiger partial charge < -0.3 is 16.0 Å². The molecule has 0 fully saturated rings. The van der Waals surface area contributed by atoms with Crippen molar-refractivity contribution >= 4 is 67.3 Å². The Morgan fingerprint density at radius 3 is 2.66 bits per heavy atom. The van der Waals surface area contributed by atoms with Crippen molar-refractivity contribution in [1.82, 2.24) is 15.5 Å². The Morgan fingerprint density at radius 2 is 1.90 bits per heavy atom. The van der Waals surface area contributed by atoms with Crippen molar-refractivity contribution in [3.63, 3.8) is 0 Å². The third kappa shape index (κ3) is 6.84. The maximum Gasteiger partial charge on any atom is 0.243 e. The molecule has 0 saturated carbocycles. The van der Waals surface area contributed by atoms with E-state index in [1.807, 2.05) is 55.5 Å². The lowest BCUT2D eigenvalue weighted by atomic mass is 10.2. The van der Waals surface area contributed by atoms with E-state index in [1.165, 1.54) is 23.1 Å². The molecule has 1 aromatic heterocycles. The third-order valence-electron chi connectivity index (χ3n) is 3.67. The molecule has 3 rings (SSSR count). The molecule has 150 valence electrons. The van der Waals surface area contributed by atoms with Crippen LogP contribution in [-0.4, -0.2) is 34.3 Å². The standard InChI is InChI=1S/C19H18BrN5O2S2/c1-12-9-13(20)7-8-15(12)23-16(26)10-21-17(27)11-28-19-25-24-18(29-19)22-14-5-3-2-4-6-14/h2-9H,10-11H2,1H3,(H,21,27)(H,22,24)(H,23,26). The van der Waals surface area contributed by atoms with Gasteiger partial charge in [0.1, 0.15) is 0 Å². The molecule has 0 aliphatic heterocycles. The number of para-hydroxylation sites is 1. The predicted molar refractivity (Wildman–Crippen MR) is 121 cm³/mol. The first-order valence-electron chi connectivity index (χ1n) is 8.60. The van der Waals surface area contributed by atoms with E-state index in [0.717, 1.165) is 15.7 Å². The zero-order valence-corrected chi connectivity index (χ0v) is 18.7. The molecule has 2 amide bonds. The molecular formula is C19H18BrN5O2S2. The minimum absolute atomic E-state index is 0.0914. The number of thioether (sulfide) groups is 1. The van der Waals surface area contributed by atoms with E-state index < -0.39 is 0 Å². The molecule has 3 aromatic rings. The number of aromatic nitrogens is 2. The summed E-state index contributed by atoms with van der Waals surface area (Å²) in [6.45, 7) is 1.81. The quantitative estimate of drug-likeness (QED) is 0.408. The number of hydrogen-bond donors (Lipinski definition) is 3. The lowest BCUT2D eigenvalue weighted by Crippen LogP contribution is -2.34. The van der Waals surface area contributed by atoms with Crippen LogP contribution in [0.2, 0.25) is 0 Å². The zero-order chi connectivity index (χ0) is 20.6. The Bertz CT molecular complexity index is 997. The van der Waals surface area contributed by atoms with Crippen molar-refractivity contribution in [3.8, 4) is 0 Å². The number of amides is 2. The largest absolute Gasteiger partial charge is 0.346 e. The van der Waals surface area contributed by atoms with E-state index in [0.29, 0.717) is 15.2 Å². The van der Waals surface area contributed by atoms with Crippen molar-refractivity contribution in [2.45, 2.75) is 11.3 Å². The van der Waals surface area contributed by atoms with Gasteiger partial charge in [-0.05, 0) is 42.8 Å². The molecule has 0 bridgehead atoms. The Hall–Kier alpha value is -2.43. The molecule has 29 heavy (non-hydrogen) atoms. The SMILES string of the molecule is Cc1cc(Br)ccc1NC(=O)CNC(=O)CSc1nnc(Nc2ccccc2)s1. The van der Waals surface area contributed by atoms with Crippen LogP contribution in [0.4, 0.5) is 16.5 Å². The maximum absolute atomic E-state index is 12.0. The highest BCUT2D eigenvalue weighted by molar-refractivity contribution is 9.10. The van der Waals surface area contributed by atoms with Crippen molar-refractivity contribution in [2.75, 3.05) is 22.9 Å². The molecule has 0 aliphatic rings. The zero-order valence-electron chi connectivity index (χ0n) is 15.4. The van der Waals surface area contributed by atoms with Gasteiger partial charge in [-0.25, -0.2) is 0 Å². The van der Waals surface area contributed by atoms with Crippen molar-refractivity contribution in [3.05, 3.63) is 58.6 Å². The fourth-order valence-corrected chi connectivity index (χ4v) is 4.36. The highest BCUT2D eigenvalue weighted by atomic mass is 79.9.